The van der Waals surface area contributed by atoms with Crippen LogP contribution in [0.2, 0.25) is 0 Å². The van der Waals surface area contributed by atoms with Gasteiger partial charge >= 0.3 is 0 Å². The summed E-state index contributed by atoms with van der Waals surface area (Å²) in [6, 6.07) is 13.1. The maximum absolute atomic E-state index is 15.4. The molecule has 2 aromatic carbocycles. The Kier molecular flexibility index (Phi) is 8.52. The van der Waals surface area contributed by atoms with Crippen molar-refractivity contribution in [3.8, 4) is 11.3 Å². The zero-order valence-electron chi connectivity index (χ0n) is 29.2. The molecule has 0 spiro atoms. The Morgan fingerprint density at radius 3 is 2.48 bits per heavy atom. The van der Waals surface area contributed by atoms with Gasteiger partial charge in [-0.15, -0.1) is 0 Å². The summed E-state index contributed by atoms with van der Waals surface area (Å²) in [5.74, 6) is -1.17. The lowest BCUT2D eigenvalue weighted by atomic mass is 10.0. The Morgan fingerprint density at radius 2 is 1.65 bits per heavy atom. The third-order valence-corrected chi connectivity index (χ3v) is 11.0. The SMILES string of the molecule is O=C1CCC(N2Cc3cc(CN4CCN(c5cccc(-c6cnn7ccc(N8CCC[C@@H]8c8cc(F)ccc8F)nc67)n5)CC4)c(F)cc3C2=O)C(=O)N1. The van der Waals surface area contributed by atoms with Crippen molar-refractivity contribution < 1.29 is 27.6 Å². The highest BCUT2D eigenvalue weighted by atomic mass is 19.1. The Balaban J connectivity index is 0.878. The van der Waals surface area contributed by atoms with Crippen LogP contribution in [0.1, 0.15) is 58.8 Å². The minimum atomic E-state index is -0.751. The first-order valence-electron chi connectivity index (χ1n) is 18.2. The van der Waals surface area contributed by atoms with Gasteiger partial charge in [-0.3, -0.25) is 24.6 Å². The van der Waals surface area contributed by atoms with Gasteiger partial charge in [0.05, 0.1) is 23.5 Å². The number of hydrogen-bond acceptors (Lipinski definition) is 9. The largest absolute Gasteiger partial charge is 0.354 e. The Hall–Kier alpha value is -5.83. The number of imide groups is 1. The average molecular weight is 736 g/mol. The number of fused-ring (bicyclic) bond motifs is 2. The number of benzene rings is 2. The van der Waals surface area contributed by atoms with Gasteiger partial charge in [-0.25, -0.2) is 27.7 Å². The van der Waals surface area contributed by atoms with E-state index >= 15 is 4.39 Å². The standard InChI is InChI=1S/C39H36F3N9O3/c40-25-6-7-29(41)27(18-25)32-4-2-11-49(32)35-10-12-51-37(45-35)28(20-43-51)31-3-1-5-34(44-31)48-15-13-47(14-16-48)21-24-17-23-22-50(39(54)26(23)19-30(24)42)33-8-9-36(52)46-38(33)53/h1,3,5-7,10,12,17-20,32-33H,2,4,8-9,11,13-16,21-22H2,(H,46,52,53)/t32-,33?/m1/s1. The number of rotatable bonds is 7. The molecule has 9 rings (SSSR count). The van der Waals surface area contributed by atoms with E-state index < -0.39 is 35.3 Å². The molecule has 0 radical (unpaired) electrons. The van der Waals surface area contributed by atoms with Gasteiger partial charge in [0, 0.05) is 75.1 Å². The summed E-state index contributed by atoms with van der Waals surface area (Å²) in [4.78, 5) is 54.9. The number of piperidine rings is 1. The van der Waals surface area contributed by atoms with Crippen LogP contribution in [0.25, 0.3) is 16.9 Å². The van der Waals surface area contributed by atoms with Crippen LogP contribution < -0.4 is 15.1 Å². The fourth-order valence-electron chi connectivity index (χ4n) is 8.22. The van der Waals surface area contributed by atoms with E-state index in [1.165, 1.54) is 23.1 Å². The summed E-state index contributed by atoms with van der Waals surface area (Å²) in [6.45, 7) is 3.87. The van der Waals surface area contributed by atoms with Crippen molar-refractivity contribution in [2.24, 2.45) is 0 Å². The first kappa shape index (κ1) is 34.0. The number of nitrogens with zero attached hydrogens (tertiary/aromatic N) is 8. The third-order valence-electron chi connectivity index (χ3n) is 11.0. The summed E-state index contributed by atoms with van der Waals surface area (Å²) >= 11 is 0. The lowest BCUT2D eigenvalue weighted by Gasteiger charge is -2.35. The monoisotopic (exact) mass is 735 g/mol. The fraction of sp³-hybridized carbons (Fsp3) is 0.333. The van der Waals surface area contributed by atoms with Crippen LogP contribution in [-0.2, 0) is 22.7 Å². The van der Waals surface area contributed by atoms with E-state index in [2.05, 4.69) is 20.2 Å². The van der Waals surface area contributed by atoms with Crippen LogP contribution in [0.4, 0.5) is 24.8 Å². The molecule has 4 aliphatic rings. The zero-order valence-corrected chi connectivity index (χ0v) is 29.2. The number of hydrogen-bond donors (Lipinski definition) is 1. The summed E-state index contributed by atoms with van der Waals surface area (Å²) < 4.78 is 45.9. The van der Waals surface area contributed by atoms with Crippen molar-refractivity contribution in [3.63, 3.8) is 0 Å². The lowest BCUT2D eigenvalue weighted by molar-refractivity contribution is -0.136. The highest BCUT2D eigenvalue weighted by Gasteiger charge is 2.40. The molecule has 3 fully saturated rings. The van der Waals surface area contributed by atoms with Crippen molar-refractivity contribution in [2.45, 2.75) is 50.9 Å². The minimum absolute atomic E-state index is 0.157. The Morgan fingerprint density at radius 1 is 0.796 bits per heavy atom. The lowest BCUT2D eigenvalue weighted by Crippen LogP contribution is -2.52. The van der Waals surface area contributed by atoms with Crippen molar-refractivity contribution in [1.82, 2.24) is 34.7 Å². The normalized spacial score (nSPS) is 20.6. The van der Waals surface area contributed by atoms with E-state index in [-0.39, 0.29) is 36.9 Å². The van der Waals surface area contributed by atoms with Crippen LogP contribution in [0.15, 0.2) is 67.0 Å². The molecule has 12 nitrogen and oxygen atoms in total. The highest BCUT2D eigenvalue weighted by Crippen LogP contribution is 2.38. The second-order valence-corrected chi connectivity index (χ2v) is 14.3. The van der Waals surface area contributed by atoms with E-state index in [4.69, 9.17) is 9.97 Å². The van der Waals surface area contributed by atoms with E-state index in [9.17, 15) is 23.2 Å². The van der Waals surface area contributed by atoms with Crippen LogP contribution in [0.3, 0.4) is 0 Å². The molecule has 3 saturated heterocycles. The second kappa shape index (κ2) is 13.5. The van der Waals surface area contributed by atoms with E-state index in [1.54, 1.807) is 16.8 Å². The Labute approximate surface area is 308 Å². The molecule has 1 N–H and O–H groups in total. The van der Waals surface area contributed by atoms with Gasteiger partial charge < -0.3 is 14.7 Å². The molecule has 5 aromatic rings. The zero-order chi connectivity index (χ0) is 37.1. The number of halogens is 3. The average Bonchev–Trinajstić information content (AvgIpc) is 3.91. The molecule has 0 aliphatic carbocycles. The number of nitrogens with one attached hydrogen (secondary N) is 1. The van der Waals surface area contributed by atoms with Gasteiger partial charge in [0.1, 0.15) is 35.1 Å². The molecule has 2 atom stereocenters. The van der Waals surface area contributed by atoms with Crippen molar-refractivity contribution in [2.75, 3.05) is 42.5 Å². The van der Waals surface area contributed by atoms with Gasteiger partial charge in [-0.2, -0.15) is 5.10 Å². The minimum Gasteiger partial charge on any atom is -0.354 e. The quantitative estimate of drug-likeness (QED) is 0.239. The van der Waals surface area contributed by atoms with Crippen LogP contribution in [-0.4, -0.2) is 85.9 Å². The third kappa shape index (κ3) is 6.11. The Bertz CT molecular complexity index is 2330. The summed E-state index contributed by atoms with van der Waals surface area (Å²) in [6.07, 6.45) is 5.46. The molecular weight excluding hydrogens is 699 g/mol. The first-order valence-corrected chi connectivity index (χ1v) is 18.2. The smallest absolute Gasteiger partial charge is 0.255 e. The molecule has 54 heavy (non-hydrogen) atoms. The molecular formula is C39H36F3N9O3. The number of carbonyl (C=O) groups is 3. The van der Waals surface area contributed by atoms with Gasteiger partial charge in [-0.05, 0) is 73.4 Å². The topological polar surface area (TPSA) is 119 Å². The van der Waals surface area contributed by atoms with Crippen LogP contribution in [0.5, 0.6) is 0 Å². The molecule has 15 heteroatoms. The number of aromatic nitrogens is 4. The van der Waals surface area contributed by atoms with Crippen molar-refractivity contribution >= 4 is 35.0 Å². The summed E-state index contributed by atoms with van der Waals surface area (Å²) in [7, 11) is 0. The van der Waals surface area contributed by atoms with Gasteiger partial charge in [-0.1, -0.05) is 6.07 Å². The van der Waals surface area contributed by atoms with E-state index in [0.717, 1.165) is 23.9 Å². The first-order chi connectivity index (χ1) is 26.2. The summed E-state index contributed by atoms with van der Waals surface area (Å²) in [5.41, 5.74) is 3.79. The number of carbonyl (C=O) groups excluding carboxylic acids is 3. The number of piperazine rings is 1. The van der Waals surface area contributed by atoms with E-state index in [1.807, 2.05) is 35.4 Å². The van der Waals surface area contributed by atoms with Gasteiger partial charge in [0.15, 0.2) is 5.65 Å². The molecule has 7 heterocycles. The molecule has 3 aromatic heterocycles. The molecule has 3 amide bonds. The van der Waals surface area contributed by atoms with Crippen LogP contribution >= 0.6 is 0 Å². The van der Waals surface area contributed by atoms with Crippen molar-refractivity contribution in [3.05, 3.63) is 107 Å². The van der Waals surface area contributed by atoms with E-state index in [0.29, 0.717) is 79.5 Å². The molecule has 0 bridgehead atoms. The van der Waals surface area contributed by atoms with Crippen molar-refractivity contribution in [1.29, 1.82) is 0 Å². The number of pyridine rings is 1. The maximum atomic E-state index is 15.4. The molecule has 276 valence electrons. The second-order valence-electron chi connectivity index (χ2n) is 14.3. The van der Waals surface area contributed by atoms with Gasteiger partial charge in [0.25, 0.3) is 5.91 Å². The molecule has 0 saturated carbocycles. The summed E-state index contributed by atoms with van der Waals surface area (Å²) in [5, 5.41) is 6.80. The highest BCUT2D eigenvalue weighted by molar-refractivity contribution is 6.05. The predicted molar refractivity (Wildman–Crippen MR) is 192 cm³/mol. The number of amides is 3. The molecule has 4 aliphatic heterocycles. The van der Waals surface area contributed by atoms with Crippen LogP contribution in [0, 0.1) is 17.5 Å². The number of anilines is 2. The molecule has 1 unspecified atom stereocenters. The maximum Gasteiger partial charge on any atom is 0.255 e. The predicted octanol–water partition coefficient (Wildman–Crippen LogP) is 4.63. The fourth-order valence-corrected chi connectivity index (χ4v) is 8.22. The van der Waals surface area contributed by atoms with Gasteiger partial charge in [0.2, 0.25) is 11.8 Å².